The van der Waals surface area contributed by atoms with Crippen LogP contribution in [-0.4, -0.2) is 27.3 Å². The first-order chi connectivity index (χ1) is 12.4. The van der Waals surface area contributed by atoms with Crippen LogP contribution in [-0.2, 0) is 4.79 Å². The lowest BCUT2D eigenvalue weighted by Gasteiger charge is -2.10. The Kier molecular flexibility index (Phi) is 5.62. The highest BCUT2D eigenvalue weighted by Gasteiger charge is 2.17. The van der Waals surface area contributed by atoms with Gasteiger partial charge in [-0.15, -0.1) is 11.3 Å². The standard InChI is InChI=1S/C16H13BrF2N4O2S/c1-9(23-7-11(17)6-20-23)14(24)22-16-21-13(8-26-16)10-2-4-12(5-3-10)25-15(18)19/h2-9,15H,1H3,(H,21,22,24). The van der Waals surface area contributed by atoms with Gasteiger partial charge in [0.1, 0.15) is 11.8 Å². The van der Waals surface area contributed by atoms with Gasteiger partial charge in [0.25, 0.3) is 5.91 Å². The van der Waals surface area contributed by atoms with E-state index in [1.165, 1.54) is 28.2 Å². The number of ether oxygens (including phenoxy) is 1. The number of anilines is 1. The number of benzene rings is 1. The molecule has 6 nitrogen and oxygen atoms in total. The zero-order valence-electron chi connectivity index (χ0n) is 13.4. The van der Waals surface area contributed by atoms with Gasteiger partial charge in [0.15, 0.2) is 5.13 Å². The van der Waals surface area contributed by atoms with Crippen LogP contribution >= 0.6 is 27.3 Å². The fourth-order valence-corrected chi connectivity index (χ4v) is 3.15. The van der Waals surface area contributed by atoms with Crippen molar-refractivity contribution in [2.24, 2.45) is 0 Å². The van der Waals surface area contributed by atoms with Crippen molar-refractivity contribution in [3.63, 3.8) is 0 Å². The summed E-state index contributed by atoms with van der Waals surface area (Å²) in [5.41, 5.74) is 1.36. The molecule has 0 spiro atoms. The van der Waals surface area contributed by atoms with Crippen molar-refractivity contribution < 1.29 is 18.3 Å². The normalized spacial score (nSPS) is 12.2. The number of amides is 1. The first-order valence-corrected chi connectivity index (χ1v) is 9.11. The van der Waals surface area contributed by atoms with Crippen LogP contribution in [0, 0.1) is 0 Å². The zero-order valence-corrected chi connectivity index (χ0v) is 15.8. The largest absolute Gasteiger partial charge is 0.435 e. The molecule has 0 saturated heterocycles. The van der Waals surface area contributed by atoms with Crippen molar-refractivity contribution in [1.82, 2.24) is 14.8 Å². The Balaban J connectivity index is 1.66. The first kappa shape index (κ1) is 18.5. The predicted octanol–water partition coefficient (Wildman–Crippen LogP) is 4.57. The van der Waals surface area contributed by atoms with E-state index in [2.05, 4.69) is 36.1 Å². The second kappa shape index (κ2) is 7.92. The molecule has 0 radical (unpaired) electrons. The summed E-state index contributed by atoms with van der Waals surface area (Å²) >= 11 is 4.56. The van der Waals surface area contributed by atoms with E-state index in [9.17, 15) is 13.6 Å². The maximum absolute atomic E-state index is 12.3. The van der Waals surface area contributed by atoms with Gasteiger partial charge in [-0.25, -0.2) is 4.98 Å². The molecule has 136 valence electrons. The molecule has 1 unspecified atom stereocenters. The third-order valence-electron chi connectivity index (χ3n) is 3.46. The van der Waals surface area contributed by atoms with Crippen LogP contribution in [0.4, 0.5) is 13.9 Å². The molecule has 1 N–H and O–H groups in total. The monoisotopic (exact) mass is 442 g/mol. The van der Waals surface area contributed by atoms with Crippen LogP contribution < -0.4 is 10.1 Å². The molecule has 2 aromatic heterocycles. The highest BCUT2D eigenvalue weighted by Crippen LogP contribution is 2.27. The quantitative estimate of drug-likeness (QED) is 0.606. The zero-order chi connectivity index (χ0) is 18.7. The topological polar surface area (TPSA) is 69.0 Å². The number of rotatable bonds is 6. The average molecular weight is 443 g/mol. The van der Waals surface area contributed by atoms with Gasteiger partial charge in [0, 0.05) is 17.1 Å². The summed E-state index contributed by atoms with van der Waals surface area (Å²) < 4.78 is 31.0. The summed E-state index contributed by atoms with van der Waals surface area (Å²) in [6.07, 6.45) is 3.31. The van der Waals surface area contributed by atoms with E-state index >= 15 is 0 Å². The van der Waals surface area contributed by atoms with Gasteiger partial charge < -0.3 is 10.1 Å². The van der Waals surface area contributed by atoms with E-state index in [0.717, 1.165) is 10.0 Å². The van der Waals surface area contributed by atoms with E-state index < -0.39 is 12.7 Å². The Morgan fingerprint density at radius 2 is 2.08 bits per heavy atom. The minimum absolute atomic E-state index is 0.0757. The van der Waals surface area contributed by atoms with Crippen LogP contribution in [0.25, 0.3) is 11.3 Å². The lowest BCUT2D eigenvalue weighted by atomic mass is 10.2. The molecule has 0 aliphatic carbocycles. The maximum Gasteiger partial charge on any atom is 0.387 e. The number of thiazole rings is 1. The maximum atomic E-state index is 12.3. The second-order valence-electron chi connectivity index (χ2n) is 5.24. The first-order valence-electron chi connectivity index (χ1n) is 7.43. The SMILES string of the molecule is CC(C(=O)Nc1nc(-c2ccc(OC(F)F)cc2)cs1)n1cc(Br)cn1. The molecular formula is C16H13BrF2N4O2S. The van der Waals surface area contributed by atoms with Crippen LogP contribution in [0.2, 0.25) is 0 Å². The smallest absolute Gasteiger partial charge is 0.387 e. The van der Waals surface area contributed by atoms with Gasteiger partial charge in [-0.2, -0.15) is 13.9 Å². The molecule has 1 amide bonds. The molecule has 0 aliphatic rings. The summed E-state index contributed by atoms with van der Waals surface area (Å²) in [6, 6.07) is 5.64. The van der Waals surface area contributed by atoms with E-state index in [1.807, 2.05) is 0 Å². The minimum atomic E-state index is -2.86. The van der Waals surface area contributed by atoms with Crippen molar-refractivity contribution in [3.05, 3.63) is 46.5 Å². The van der Waals surface area contributed by atoms with Crippen molar-refractivity contribution in [1.29, 1.82) is 0 Å². The number of hydrogen-bond donors (Lipinski definition) is 1. The fraction of sp³-hybridized carbons (Fsp3) is 0.188. The Morgan fingerprint density at radius 1 is 1.35 bits per heavy atom. The highest BCUT2D eigenvalue weighted by atomic mass is 79.9. The summed E-state index contributed by atoms with van der Waals surface area (Å²) in [5, 5.41) is 9.04. The third-order valence-corrected chi connectivity index (χ3v) is 4.62. The van der Waals surface area contributed by atoms with Crippen molar-refractivity contribution in [2.45, 2.75) is 19.6 Å². The molecule has 1 atom stereocenters. The lowest BCUT2D eigenvalue weighted by Crippen LogP contribution is -2.23. The Hall–Kier alpha value is -2.33. The molecule has 2 heterocycles. The molecule has 0 aliphatic heterocycles. The molecule has 1 aromatic carbocycles. The third kappa shape index (κ3) is 4.44. The second-order valence-corrected chi connectivity index (χ2v) is 7.02. The summed E-state index contributed by atoms with van der Waals surface area (Å²) in [5.74, 6) is -0.172. The molecular weight excluding hydrogens is 430 g/mol. The number of nitrogens with zero attached hydrogens (tertiary/aromatic N) is 3. The lowest BCUT2D eigenvalue weighted by molar-refractivity contribution is -0.119. The van der Waals surface area contributed by atoms with Crippen molar-refractivity contribution in [2.75, 3.05) is 5.32 Å². The van der Waals surface area contributed by atoms with E-state index in [1.54, 1.807) is 36.8 Å². The van der Waals surface area contributed by atoms with Gasteiger partial charge in [0.2, 0.25) is 0 Å². The Morgan fingerprint density at radius 3 is 2.69 bits per heavy atom. The van der Waals surface area contributed by atoms with Crippen LogP contribution in [0.15, 0.2) is 46.5 Å². The highest BCUT2D eigenvalue weighted by molar-refractivity contribution is 9.10. The fourth-order valence-electron chi connectivity index (χ4n) is 2.13. The molecule has 0 saturated carbocycles. The van der Waals surface area contributed by atoms with Crippen LogP contribution in [0.3, 0.4) is 0 Å². The van der Waals surface area contributed by atoms with Crippen molar-refractivity contribution in [3.8, 4) is 17.0 Å². The molecule has 0 fully saturated rings. The van der Waals surface area contributed by atoms with E-state index in [4.69, 9.17) is 0 Å². The predicted molar refractivity (Wildman–Crippen MR) is 97.4 cm³/mol. The summed E-state index contributed by atoms with van der Waals surface area (Å²) in [4.78, 5) is 16.7. The average Bonchev–Trinajstić information content (AvgIpc) is 3.23. The molecule has 3 aromatic rings. The van der Waals surface area contributed by atoms with Gasteiger partial charge >= 0.3 is 6.61 Å². The Labute approximate surface area is 159 Å². The number of alkyl halides is 2. The van der Waals surface area contributed by atoms with Gasteiger partial charge in [0.05, 0.1) is 16.4 Å². The molecule has 10 heteroatoms. The van der Waals surface area contributed by atoms with Crippen LogP contribution in [0.5, 0.6) is 5.75 Å². The molecule has 3 rings (SSSR count). The van der Waals surface area contributed by atoms with Gasteiger partial charge in [-0.3, -0.25) is 9.48 Å². The number of hydrogen-bond acceptors (Lipinski definition) is 5. The van der Waals surface area contributed by atoms with E-state index in [-0.39, 0.29) is 11.7 Å². The summed E-state index contributed by atoms with van der Waals surface area (Å²) in [6.45, 7) is -1.13. The minimum Gasteiger partial charge on any atom is -0.435 e. The number of carbonyl (C=O) groups excluding carboxylic acids is 1. The van der Waals surface area contributed by atoms with Crippen LogP contribution in [0.1, 0.15) is 13.0 Å². The van der Waals surface area contributed by atoms with Gasteiger partial charge in [-0.1, -0.05) is 0 Å². The molecule has 26 heavy (non-hydrogen) atoms. The molecule has 0 bridgehead atoms. The van der Waals surface area contributed by atoms with Crippen molar-refractivity contribution >= 4 is 38.3 Å². The van der Waals surface area contributed by atoms with E-state index in [0.29, 0.717) is 10.8 Å². The number of carbonyl (C=O) groups is 1. The number of aromatic nitrogens is 3. The Bertz CT molecular complexity index is 898. The number of halogens is 3. The summed E-state index contributed by atoms with van der Waals surface area (Å²) in [7, 11) is 0. The number of nitrogens with one attached hydrogen (secondary N) is 1. The van der Waals surface area contributed by atoms with Gasteiger partial charge in [-0.05, 0) is 47.1 Å².